The Balaban J connectivity index is 0.00000625. The van der Waals surface area contributed by atoms with Gasteiger partial charge in [0.1, 0.15) is 0 Å². The first-order valence-electron chi connectivity index (χ1n) is 8.83. The quantitative estimate of drug-likeness (QED) is 0.325. The summed E-state index contributed by atoms with van der Waals surface area (Å²) >= 11 is 0. The Kier molecular flexibility index (Phi) is 12.4. The van der Waals surface area contributed by atoms with E-state index in [2.05, 4.69) is 61.5 Å². The van der Waals surface area contributed by atoms with Crippen molar-refractivity contribution in [1.29, 1.82) is 0 Å². The van der Waals surface area contributed by atoms with E-state index in [0.29, 0.717) is 5.92 Å². The minimum atomic E-state index is 0. The zero-order valence-corrected chi connectivity index (χ0v) is 19.5. The van der Waals surface area contributed by atoms with Crippen molar-refractivity contribution in [2.24, 2.45) is 10.9 Å². The van der Waals surface area contributed by atoms with Gasteiger partial charge in [0, 0.05) is 19.6 Å². The smallest absolute Gasteiger partial charge is 0.191 e. The van der Waals surface area contributed by atoms with Gasteiger partial charge < -0.3 is 25.0 Å². The summed E-state index contributed by atoms with van der Waals surface area (Å²) in [6, 6.07) is 6.24. The largest absolute Gasteiger partial charge is 0.493 e. The van der Waals surface area contributed by atoms with Crippen LogP contribution in [0.4, 0.5) is 0 Å². The van der Waals surface area contributed by atoms with Crippen LogP contribution in [0.2, 0.25) is 0 Å². The molecule has 0 heterocycles. The predicted molar refractivity (Wildman–Crippen MR) is 120 cm³/mol. The Morgan fingerprint density at radius 2 is 1.77 bits per heavy atom. The molecule has 1 aromatic rings. The Bertz CT molecular complexity index is 550. The van der Waals surface area contributed by atoms with Crippen LogP contribution in [-0.2, 0) is 0 Å². The standard InChI is InChI=1S/C19H34N4O2.HI/c1-8-20-19(21-12-14(2)3)22-13-16(23(4)5)15-9-10-17(24-6)18(11-15)25-7;/h9-11,14,16H,8,12-13H2,1-7H3,(H2,20,21,22);1H. The van der Waals surface area contributed by atoms with Crippen molar-refractivity contribution in [3.8, 4) is 11.5 Å². The lowest BCUT2D eigenvalue weighted by atomic mass is 10.1. The monoisotopic (exact) mass is 478 g/mol. The zero-order chi connectivity index (χ0) is 18.8. The maximum Gasteiger partial charge on any atom is 0.191 e. The summed E-state index contributed by atoms with van der Waals surface area (Å²) in [5.41, 5.74) is 1.16. The number of nitrogens with one attached hydrogen (secondary N) is 2. The molecule has 0 fully saturated rings. The van der Waals surface area contributed by atoms with Crippen LogP contribution < -0.4 is 20.1 Å². The molecule has 0 bridgehead atoms. The van der Waals surface area contributed by atoms with Crippen molar-refractivity contribution in [1.82, 2.24) is 15.5 Å². The van der Waals surface area contributed by atoms with E-state index in [0.717, 1.165) is 42.7 Å². The van der Waals surface area contributed by atoms with E-state index >= 15 is 0 Å². The summed E-state index contributed by atoms with van der Waals surface area (Å²) in [5, 5.41) is 6.75. The summed E-state index contributed by atoms with van der Waals surface area (Å²) in [5.74, 6) is 2.87. The van der Waals surface area contributed by atoms with Gasteiger partial charge >= 0.3 is 0 Å². The molecule has 6 nitrogen and oxygen atoms in total. The maximum atomic E-state index is 5.44. The molecule has 7 heteroatoms. The first-order chi connectivity index (χ1) is 11.9. The Labute approximate surface area is 175 Å². The van der Waals surface area contributed by atoms with Crippen LogP contribution >= 0.6 is 24.0 Å². The molecule has 1 aromatic carbocycles. The van der Waals surface area contributed by atoms with Crippen LogP contribution in [0.1, 0.15) is 32.4 Å². The van der Waals surface area contributed by atoms with Gasteiger partial charge in [-0.05, 0) is 44.6 Å². The van der Waals surface area contributed by atoms with Gasteiger partial charge in [-0.25, -0.2) is 0 Å². The highest BCUT2D eigenvalue weighted by molar-refractivity contribution is 14.0. The lowest BCUT2D eigenvalue weighted by molar-refractivity contribution is 0.295. The maximum absolute atomic E-state index is 5.44. The number of ether oxygens (including phenoxy) is 2. The van der Waals surface area contributed by atoms with E-state index in [1.165, 1.54) is 0 Å². The van der Waals surface area contributed by atoms with E-state index in [1.807, 2.05) is 12.1 Å². The topological polar surface area (TPSA) is 58.1 Å². The van der Waals surface area contributed by atoms with E-state index < -0.39 is 0 Å². The molecule has 150 valence electrons. The summed E-state index contributed by atoms with van der Waals surface area (Å²) in [6.07, 6.45) is 0. The number of nitrogens with zero attached hydrogens (tertiary/aromatic N) is 2. The van der Waals surface area contributed by atoms with Gasteiger partial charge in [0.2, 0.25) is 0 Å². The third-order valence-electron chi connectivity index (χ3n) is 3.84. The molecule has 0 aromatic heterocycles. The average molecular weight is 478 g/mol. The Morgan fingerprint density at radius 1 is 1.12 bits per heavy atom. The molecule has 0 amide bonds. The molecule has 1 unspecified atom stereocenters. The highest BCUT2D eigenvalue weighted by atomic mass is 127. The SMILES string of the molecule is CCNC(=NCC(C)C)NCC(c1ccc(OC)c(OC)c1)N(C)C.I. The highest BCUT2D eigenvalue weighted by Gasteiger charge is 2.17. The predicted octanol–water partition coefficient (Wildman–Crippen LogP) is 3.14. The van der Waals surface area contributed by atoms with Gasteiger partial charge in [0.25, 0.3) is 0 Å². The molecular weight excluding hydrogens is 443 g/mol. The second-order valence-electron chi connectivity index (χ2n) is 6.59. The lowest BCUT2D eigenvalue weighted by Gasteiger charge is -2.26. The molecule has 0 radical (unpaired) electrons. The molecular formula is C19H35IN4O2. The van der Waals surface area contributed by atoms with E-state index in [1.54, 1.807) is 14.2 Å². The number of rotatable bonds is 9. The van der Waals surface area contributed by atoms with Gasteiger partial charge in [-0.2, -0.15) is 0 Å². The van der Waals surface area contributed by atoms with Crippen LogP contribution in [-0.4, -0.2) is 58.8 Å². The Hall–Kier alpha value is -1.22. The fourth-order valence-electron chi connectivity index (χ4n) is 2.47. The van der Waals surface area contributed by atoms with Gasteiger partial charge in [-0.1, -0.05) is 19.9 Å². The second-order valence-corrected chi connectivity index (χ2v) is 6.59. The molecule has 1 atom stereocenters. The van der Waals surface area contributed by atoms with Gasteiger partial charge in [0.05, 0.1) is 20.3 Å². The molecule has 1 rings (SSSR count). The van der Waals surface area contributed by atoms with Gasteiger partial charge in [0.15, 0.2) is 17.5 Å². The minimum Gasteiger partial charge on any atom is -0.493 e. The number of hydrogen-bond donors (Lipinski definition) is 2. The summed E-state index contributed by atoms with van der Waals surface area (Å²) in [6.45, 7) is 8.79. The van der Waals surface area contributed by atoms with Crippen molar-refractivity contribution < 1.29 is 9.47 Å². The molecule has 0 saturated heterocycles. The van der Waals surface area contributed by atoms with Crippen LogP contribution in [0.15, 0.2) is 23.2 Å². The van der Waals surface area contributed by atoms with E-state index in [4.69, 9.17) is 9.47 Å². The van der Waals surface area contributed by atoms with Crippen molar-refractivity contribution in [2.75, 3.05) is 47.9 Å². The van der Waals surface area contributed by atoms with Crippen molar-refractivity contribution >= 4 is 29.9 Å². The third kappa shape index (κ3) is 7.99. The molecule has 0 spiro atoms. The molecule has 0 aliphatic heterocycles. The number of benzene rings is 1. The van der Waals surface area contributed by atoms with Crippen LogP contribution in [0, 0.1) is 5.92 Å². The van der Waals surface area contributed by atoms with Crippen molar-refractivity contribution in [3.05, 3.63) is 23.8 Å². The minimum absolute atomic E-state index is 0. The third-order valence-corrected chi connectivity index (χ3v) is 3.84. The number of halogens is 1. The average Bonchev–Trinajstić information content (AvgIpc) is 2.59. The molecule has 26 heavy (non-hydrogen) atoms. The molecule has 0 aliphatic rings. The molecule has 2 N–H and O–H groups in total. The van der Waals surface area contributed by atoms with Crippen LogP contribution in [0.25, 0.3) is 0 Å². The summed E-state index contributed by atoms with van der Waals surface area (Å²) < 4.78 is 10.8. The molecule has 0 saturated carbocycles. The van der Waals surface area contributed by atoms with Gasteiger partial charge in [-0.15, -0.1) is 24.0 Å². The summed E-state index contributed by atoms with van der Waals surface area (Å²) in [7, 11) is 7.45. The highest BCUT2D eigenvalue weighted by Crippen LogP contribution is 2.31. The zero-order valence-electron chi connectivity index (χ0n) is 17.1. The van der Waals surface area contributed by atoms with E-state index in [-0.39, 0.29) is 30.0 Å². The fraction of sp³-hybridized carbons (Fsp3) is 0.632. The lowest BCUT2D eigenvalue weighted by Crippen LogP contribution is -2.42. The van der Waals surface area contributed by atoms with Crippen molar-refractivity contribution in [2.45, 2.75) is 26.8 Å². The van der Waals surface area contributed by atoms with Crippen molar-refractivity contribution in [3.63, 3.8) is 0 Å². The number of guanidine groups is 1. The summed E-state index contributed by atoms with van der Waals surface area (Å²) in [4.78, 5) is 6.81. The molecule has 0 aliphatic carbocycles. The van der Waals surface area contributed by atoms with E-state index in [9.17, 15) is 0 Å². The normalized spacial score (nSPS) is 12.6. The van der Waals surface area contributed by atoms with Gasteiger partial charge in [-0.3, -0.25) is 4.99 Å². The first kappa shape index (κ1) is 24.8. The van der Waals surface area contributed by atoms with Crippen LogP contribution in [0.5, 0.6) is 11.5 Å². The number of methoxy groups -OCH3 is 2. The second kappa shape index (κ2) is 13.0. The first-order valence-corrected chi connectivity index (χ1v) is 8.83. The fourth-order valence-corrected chi connectivity index (χ4v) is 2.47. The Morgan fingerprint density at radius 3 is 2.27 bits per heavy atom. The number of aliphatic imine (C=N–C) groups is 1. The number of hydrogen-bond acceptors (Lipinski definition) is 4. The van der Waals surface area contributed by atoms with Crippen LogP contribution in [0.3, 0.4) is 0 Å². The number of likely N-dealkylation sites (N-methyl/N-ethyl adjacent to an activating group) is 1.